The molecule has 13 heavy (non-hydrogen) atoms. The molecule has 0 aromatic rings. The summed E-state index contributed by atoms with van der Waals surface area (Å²) < 4.78 is 2.44. The van der Waals surface area contributed by atoms with Gasteiger partial charge in [0.25, 0.3) is 0 Å². The van der Waals surface area contributed by atoms with Gasteiger partial charge in [0.05, 0.1) is 6.04 Å². The number of carbonyl (C=O) groups is 2. The molecule has 7 nitrogen and oxygen atoms in total. The topological polar surface area (TPSA) is 122 Å². The lowest BCUT2D eigenvalue weighted by molar-refractivity contribution is -0.138. The fourth-order valence-electron chi connectivity index (χ4n) is 0.480. The fourth-order valence-corrected chi connectivity index (χ4v) is 0.853. The Balaban J connectivity index is 3.68. The second kappa shape index (κ2) is 6.38. The Kier molecular flexibility index (Phi) is 5.81. The van der Waals surface area contributed by atoms with Gasteiger partial charge in [-0.2, -0.15) is 0 Å². The Morgan fingerprint density at radius 2 is 2.23 bits per heavy atom. The number of hydrogen-bond donors (Lipinski definition) is 3. The summed E-state index contributed by atoms with van der Waals surface area (Å²) in [6.07, 6.45) is 0. The van der Waals surface area contributed by atoms with Crippen molar-refractivity contribution in [3.8, 4) is 0 Å². The lowest BCUT2D eigenvalue weighted by atomic mass is 10.3. The van der Waals surface area contributed by atoms with Gasteiger partial charge in [-0.15, -0.1) is 4.91 Å². The van der Waals surface area contributed by atoms with Gasteiger partial charge in [0.1, 0.15) is 6.54 Å². The molecule has 0 aromatic heterocycles. The van der Waals surface area contributed by atoms with Gasteiger partial charge in [0.2, 0.25) is 5.91 Å². The third-order valence-corrected chi connectivity index (χ3v) is 1.67. The first-order valence-electron chi connectivity index (χ1n) is 3.27. The van der Waals surface area contributed by atoms with Crippen molar-refractivity contribution < 1.29 is 14.7 Å². The molecular formula is C5H9N3O4S. The molecule has 0 aliphatic heterocycles. The second-order valence-corrected chi connectivity index (χ2v) is 2.83. The standard InChI is InChI=1S/C5H9N3O4S/c6-3(2-13-8-12)5(11)7-1-4(9)10/h3H,1-2,6H2,(H,7,11)(H,9,10). The predicted octanol–water partition coefficient (Wildman–Crippen LogP) is -1.07. The highest BCUT2D eigenvalue weighted by atomic mass is 32.2. The smallest absolute Gasteiger partial charge is 0.322 e. The van der Waals surface area contributed by atoms with E-state index >= 15 is 0 Å². The van der Waals surface area contributed by atoms with E-state index in [1.807, 2.05) is 0 Å². The summed E-state index contributed by atoms with van der Waals surface area (Å²) >= 11 is 0.615. The Bertz CT molecular complexity index is 210. The van der Waals surface area contributed by atoms with E-state index in [4.69, 9.17) is 10.8 Å². The van der Waals surface area contributed by atoms with E-state index in [0.29, 0.717) is 11.9 Å². The number of amides is 1. The van der Waals surface area contributed by atoms with Gasteiger partial charge in [0, 0.05) is 22.3 Å². The summed E-state index contributed by atoms with van der Waals surface area (Å²) in [7, 11) is 0. The van der Waals surface area contributed by atoms with Crippen LogP contribution in [-0.2, 0) is 9.59 Å². The molecule has 0 heterocycles. The van der Waals surface area contributed by atoms with Gasteiger partial charge < -0.3 is 16.2 Å². The molecule has 0 radical (unpaired) electrons. The molecule has 0 fully saturated rings. The van der Waals surface area contributed by atoms with Crippen molar-refractivity contribution in [2.45, 2.75) is 6.04 Å². The number of carbonyl (C=O) groups excluding carboxylic acids is 1. The van der Waals surface area contributed by atoms with Crippen LogP contribution < -0.4 is 11.1 Å². The summed E-state index contributed by atoms with van der Waals surface area (Å²) in [4.78, 5) is 30.5. The van der Waals surface area contributed by atoms with E-state index in [-0.39, 0.29) is 5.75 Å². The van der Waals surface area contributed by atoms with Crippen LogP contribution in [0.3, 0.4) is 0 Å². The van der Waals surface area contributed by atoms with Crippen LogP contribution in [0.15, 0.2) is 4.58 Å². The molecule has 0 aliphatic carbocycles. The van der Waals surface area contributed by atoms with Gasteiger partial charge in [0.15, 0.2) is 0 Å². The molecule has 0 aromatic carbocycles. The van der Waals surface area contributed by atoms with E-state index in [1.54, 1.807) is 0 Å². The van der Waals surface area contributed by atoms with Gasteiger partial charge in [-0.25, -0.2) is 0 Å². The summed E-state index contributed by atoms with van der Waals surface area (Å²) in [5, 5.41) is 10.3. The van der Waals surface area contributed by atoms with Crippen LogP contribution >= 0.6 is 11.9 Å². The van der Waals surface area contributed by atoms with Crippen LogP contribution in [0.4, 0.5) is 0 Å². The number of aliphatic carboxylic acids is 1. The molecular weight excluding hydrogens is 198 g/mol. The van der Waals surface area contributed by atoms with E-state index < -0.39 is 24.5 Å². The van der Waals surface area contributed by atoms with Crippen LogP contribution in [0, 0.1) is 4.91 Å². The van der Waals surface area contributed by atoms with Gasteiger partial charge in [-0.1, -0.05) is 0 Å². The summed E-state index contributed by atoms with van der Waals surface area (Å²) in [6, 6.07) is -0.915. The Morgan fingerprint density at radius 1 is 1.62 bits per heavy atom. The molecule has 1 unspecified atom stereocenters. The van der Waals surface area contributed by atoms with Gasteiger partial charge >= 0.3 is 5.97 Å². The van der Waals surface area contributed by atoms with Crippen LogP contribution in [0.1, 0.15) is 0 Å². The first kappa shape index (κ1) is 11.8. The highest BCUT2D eigenvalue weighted by molar-refractivity contribution is 7.97. The van der Waals surface area contributed by atoms with Crippen molar-refractivity contribution in [1.29, 1.82) is 0 Å². The van der Waals surface area contributed by atoms with Crippen molar-refractivity contribution in [1.82, 2.24) is 5.32 Å². The first-order chi connectivity index (χ1) is 6.07. The van der Waals surface area contributed by atoms with E-state index in [9.17, 15) is 14.5 Å². The highest BCUT2D eigenvalue weighted by Crippen LogP contribution is 2.01. The Hall–Kier alpha value is -1.15. The highest BCUT2D eigenvalue weighted by Gasteiger charge is 2.13. The Morgan fingerprint density at radius 3 is 2.69 bits per heavy atom. The monoisotopic (exact) mass is 207 g/mol. The number of hydrogen-bond acceptors (Lipinski definition) is 6. The van der Waals surface area contributed by atoms with Crippen molar-refractivity contribution >= 4 is 23.8 Å². The zero-order valence-electron chi connectivity index (χ0n) is 6.60. The second-order valence-electron chi connectivity index (χ2n) is 2.09. The number of nitrogens with one attached hydrogen (secondary N) is 1. The van der Waals surface area contributed by atoms with E-state index in [1.165, 1.54) is 0 Å². The molecule has 74 valence electrons. The summed E-state index contributed by atoms with van der Waals surface area (Å²) in [6.45, 7) is -0.480. The van der Waals surface area contributed by atoms with Crippen LogP contribution in [0.25, 0.3) is 0 Å². The van der Waals surface area contributed by atoms with Crippen molar-refractivity contribution in [2.75, 3.05) is 12.3 Å². The third-order valence-electron chi connectivity index (χ3n) is 1.06. The summed E-state index contributed by atoms with van der Waals surface area (Å²) in [5.74, 6) is -1.73. The maximum Gasteiger partial charge on any atom is 0.322 e. The maximum absolute atomic E-state index is 10.9. The largest absolute Gasteiger partial charge is 0.480 e. The number of nitrogens with two attached hydrogens (primary N) is 1. The van der Waals surface area contributed by atoms with E-state index in [2.05, 4.69) is 9.90 Å². The van der Waals surface area contributed by atoms with Crippen molar-refractivity contribution in [2.24, 2.45) is 10.3 Å². The molecule has 0 saturated carbocycles. The molecule has 0 rings (SSSR count). The van der Waals surface area contributed by atoms with Crippen LogP contribution in [0.5, 0.6) is 0 Å². The van der Waals surface area contributed by atoms with Gasteiger partial charge in [-0.05, 0) is 0 Å². The number of rotatable bonds is 6. The molecule has 0 spiro atoms. The summed E-state index contributed by atoms with van der Waals surface area (Å²) in [5.41, 5.74) is 5.26. The first-order valence-corrected chi connectivity index (χ1v) is 4.22. The molecule has 0 saturated heterocycles. The molecule has 8 heteroatoms. The average Bonchev–Trinajstić information content (AvgIpc) is 2.10. The SMILES string of the molecule is NC(CSN=O)C(=O)NCC(=O)O. The minimum absolute atomic E-state index is 0.0367. The third kappa shape index (κ3) is 6.05. The minimum atomic E-state index is -1.15. The number of nitrogens with zero attached hydrogens (tertiary/aromatic N) is 1. The predicted molar refractivity (Wildman–Crippen MR) is 46.9 cm³/mol. The number of nitroso groups, excluding NO2 is 1. The molecule has 1 amide bonds. The molecule has 4 N–H and O–H groups in total. The van der Waals surface area contributed by atoms with Crippen LogP contribution in [-0.4, -0.2) is 35.3 Å². The quantitative estimate of drug-likeness (QED) is 0.376. The van der Waals surface area contributed by atoms with Gasteiger partial charge in [-0.3, -0.25) is 9.59 Å². The zero-order valence-corrected chi connectivity index (χ0v) is 7.41. The molecule has 0 aliphatic rings. The normalized spacial score (nSPS) is 11.8. The maximum atomic E-state index is 10.9. The van der Waals surface area contributed by atoms with Crippen LogP contribution in [0.2, 0.25) is 0 Å². The lowest BCUT2D eigenvalue weighted by Gasteiger charge is -2.07. The zero-order chi connectivity index (χ0) is 10.3. The average molecular weight is 207 g/mol. The lowest BCUT2D eigenvalue weighted by Crippen LogP contribution is -2.43. The van der Waals surface area contributed by atoms with Crippen molar-refractivity contribution in [3.05, 3.63) is 4.91 Å². The Labute approximate surface area is 78.2 Å². The molecule has 1 atom stereocenters. The van der Waals surface area contributed by atoms with E-state index in [0.717, 1.165) is 0 Å². The number of carboxylic acid groups (broad SMARTS) is 1. The fraction of sp³-hybridized carbons (Fsp3) is 0.600. The molecule has 0 bridgehead atoms. The number of carboxylic acids is 1. The van der Waals surface area contributed by atoms with Crippen molar-refractivity contribution in [3.63, 3.8) is 0 Å². The minimum Gasteiger partial charge on any atom is -0.480 e.